The van der Waals surface area contributed by atoms with Crippen LogP contribution in [0, 0.1) is 5.92 Å². The Hall–Kier alpha value is -2.74. The molecule has 0 amide bonds. The summed E-state index contributed by atoms with van der Waals surface area (Å²) in [7, 11) is 0. The first-order chi connectivity index (χ1) is 12.8. The van der Waals surface area contributed by atoms with E-state index in [2.05, 4.69) is 19.4 Å². The van der Waals surface area contributed by atoms with Crippen molar-refractivity contribution >= 4 is 22.8 Å². The second-order valence-corrected chi connectivity index (χ2v) is 7.40. The van der Waals surface area contributed by atoms with Gasteiger partial charge in [-0.15, -0.1) is 0 Å². The van der Waals surface area contributed by atoms with Crippen molar-refractivity contribution in [2.24, 2.45) is 5.92 Å². The van der Waals surface area contributed by atoms with Crippen LogP contribution in [0.25, 0.3) is 22.3 Å². The fraction of sp³-hybridized carbons (Fsp3) is 0.444. The molecule has 0 atom stereocenters. The maximum Gasteiger partial charge on any atom is 0.219 e. The van der Waals surface area contributed by atoms with Gasteiger partial charge in [0, 0.05) is 37.1 Å². The van der Waals surface area contributed by atoms with Crippen molar-refractivity contribution in [3.8, 4) is 11.3 Å². The molecule has 4 aliphatic rings. The highest BCUT2D eigenvalue weighted by Crippen LogP contribution is 2.45. The molecule has 132 valence electrons. The quantitative estimate of drug-likeness (QED) is 0.751. The summed E-state index contributed by atoms with van der Waals surface area (Å²) in [4.78, 5) is 20.6. The Bertz CT molecular complexity index is 1010. The van der Waals surface area contributed by atoms with Crippen LogP contribution in [0.15, 0.2) is 18.5 Å². The third kappa shape index (κ3) is 1.99. The van der Waals surface area contributed by atoms with Crippen LogP contribution in [0.3, 0.4) is 0 Å². The smallest absolute Gasteiger partial charge is 0.219 e. The second kappa shape index (κ2) is 5.14. The number of fused-ring (bicyclic) bond motifs is 4. The summed E-state index contributed by atoms with van der Waals surface area (Å²) in [5.74, 6) is 3.10. The summed E-state index contributed by atoms with van der Waals surface area (Å²) in [6.45, 7) is 3.19. The molecule has 3 aliphatic heterocycles. The van der Waals surface area contributed by atoms with E-state index < -0.39 is 0 Å². The fourth-order valence-electron chi connectivity index (χ4n) is 4.46. The molecule has 26 heavy (non-hydrogen) atoms. The van der Waals surface area contributed by atoms with Gasteiger partial charge in [0.25, 0.3) is 0 Å². The number of aromatic nitrogens is 5. The Morgan fingerprint density at radius 2 is 2.00 bits per heavy atom. The minimum absolute atomic E-state index is 0.269. The van der Waals surface area contributed by atoms with E-state index >= 15 is 0 Å². The van der Waals surface area contributed by atoms with Crippen LogP contribution >= 0.6 is 0 Å². The number of hydrogen-bond acceptors (Lipinski definition) is 7. The van der Waals surface area contributed by atoms with Crippen LogP contribution in [0.1, 0.15) is 18.7 Å². The maximum absolute atomic E-state index is 5.63. The summed E-state index contributed by atoms with van der Waals surface area (Å²) >= 11 is 0. The Morgan fingerprint density at radius 3 is 2.77 bits per heavy atom. The van der Waals surface area contributed by atoms with Gasteiger partial charge in [-0.25, -0.2) is 19.9 Å². The molecule has 2 N–H and O–H groups in total. The first-order valence-electron chi connectivity index (χ1n) is 9.09. The van der Waals surface area contributed by atoms with Gasteiger partial charge in [-0.1, -0.05) is 0 Å². The summed E-state index contributed by atoms with van der Waals surface area (Å²) in [6.07, 6.45) is 6.01. The van der Waals surface area contributed by atoms with E-state index in [1.54, 1.807) is 12.4 Å². The van der Waals surface area contributed by atoms with Crippen molar-refractivity contribution in [2.45, 2.75) is 32.0 Å². The Kier molecular flexibility index (Phi) is 2.85. The second-order valence-electron chi connectivity index (χ2n) is 7.40. The largest absolute Gasteiger partial charge is 0.372 e. The number of rotatable bonds is 2. The molecule has 2 saturated heterocycles. The van der Waals surface area contributed by atoms with E-state index in [4.69, 9.17) is 20.4 Å². The maximum atomic E-state index is 5.63. The van der Waals surface area contributed by atoms with Crippen molar-refractivity contribution in [3.63, 3.8) is 0 Å². The van der Waals surface area contributed by atoms with Crippen LogP contribution in [0.2, 0.25) is 0 Å². The number of nitrogens with two attached hydrogens (primary N) is 1. The van der Waals surface area contributed by atoms with Crippen molar-refractivity contribution in [2.75, 3.05) is 23.8 Å². The van der Waals surface area contributed by atoms with Crippen LogP contribution in [-0.4, -0.2) is 43.7 Å². The zero-order valence-corrected chi connectivity index (χ0v) is 14.3. The van der Waals surface area contributed by atoms with Crippen molar-refractivity contribution < 1.29 is 4.74 Å². The molecule has 3 aromatic heterocycles. The normalized spacial score (nSPS) is 23.9. The average molecular weight is 349 g/mol. The molecule has 0 radical (unpaired) electrons. The third-order valence-corrected chi connectivity index (χ3v) is 5.82. The Balaban J connectivity index is 1.58. The van der Waals surface area contributed by atoms with Crippen LogP contribution in [0.5, 0.6) is 0 Å². The molecule has 0 aromatic carbocycles. The first-order valence-corrected chi connectivity index (χ1v) is 9.09. The topological polar surface area (TPSA) is 95.0 Å². The van der Waals surface area contributed by atoms with E-state index in [0.29, 0.717) is 12.6 Å². The SMILES string of the molecule is Nc1ncc(-c2cc3nc4n(c3c(N3CC5CC3C5)n2)CCOC4)cn1. The van der Waals surface area contributed by atoms with Gasteiger partial charge in [-0.05, 0) is 24.8 Å². The number of imidazole rings is 1. The zero-order chi connectivity index (χ0) is 17.3. The summed E-state index contributed by atoms with van der Waals surface area (Å²) < 4.78 is 7.87. The molecule has 8 nitrogen and oxygen atoms in total. The van der Waals surface area contributed by atoms with Gasteiger partial charge in [0.15, 0.2) is 5.82 Å². The van der Waals surface area contributed by atoms with Gasteiger partial charge in [-0.3, -0.25) is 0 Å². The molecule has 3 aromatic rings. The van der Waals surface area contributed by atoms with Gasteiger partial charge in [0.05, 0.1) is 17.8 Å². The van der Waals surface area contributed by atoms with Crippen molar-refractivity contribution in [1.82, 2.24) is 24.5 Å². The predicted molar refractivity (Wildman–Crippen MR) is 96.5 cm³/mol. The lowest BCUT2D eigenvalue weighted by Gasteiger charge is -2.28. The number of pyridine rings is 1. The number of ether oxygens (including phenoxy) is 1. The van der Waals surface area contributed by atoms with Crippen molar-refractivity contribution in [3.05, 3.63) is 24.3 Å². The zero-order valence-electron chi connectivity index (χ0n) is 14.3. The van der Waals surface area contributed by atoms with Gasteiger partial charge >= 0.3 is 0 Å². The molecule has 8 heteroatoms. The van der Waals surface area contributed by atoms with Gasteiger partial charge in [-0.2, -0.15) is 0 Å². The molecule has 0 unspecified atom stereocenters. The van der Waals surface area contributed by atoms with Crippen LogP contribution in [0.4, 0.5) is 11.8 Å². The van der Waals surface area contributed by atoms with E-state index in [0.717, 1.165) is 59.5 Å². The first kappa shape index (κ1) is 14.4. The summed E-state index contributed by atoms with van der Waals surface area (Å²) in [5.41, 5.74) is 9.43. The molecule has 2 bridgehead atoms. The minimum atomic E-state index is 0.269. The highest BCUT2D eigenvalue weighted by molar-refractivity contribution is 5.91. The summed E-state index contributed by atoms with van der Waals surface area (Å²) in [5, 5.41) is 0. The standard InChI is InChI=1S/C18H19N7O/c19-18-20-6-11(7-21-18)13-5-14-16(24-1-2-26-9-15(24)22-14)17(23-13)25-8-10-3-12(25)4-10/h5-7,10,12H,1-4,8-9H2,(H2,19,20,21). The number of hydrogen-bond donors (Lipinski definition) is 1. The van der Waals surface area contributed by atoms with Gasteiger partial charge in [0.2, 0.25) is 5.95 Å². The highest BCUT2D eigenvalue weighted by Gasteiger charge is 2.44. The van der Waals surface area contributed by atoms with E-state index in [1.165, 1.54) is 12.8 Å². The molecule has 1 saturated carbocycles. The third-order valence-electron chi connectivity index (χ3n) is 5.82. The van der Waals surface area contributed by atoms with E-state index in [-0.39, 0.29) is 5.95 Å². The minimum Gasteiger partial charge on any atom is -0.372 e. The van der Waals surface area contributed by atoms with E-state index in [9.17, 15) is 0 Å². The summed E-state index contributed by atoms with van der Waals surface area (Å²) in [6, 6.07) is 2.64. The molecule has 0 spiro atoms. The van der Waals surface area contributed by atoms with Gasteiger partial charge < -0.3 is 19.9 Å². The molecule has 1 aliphatic carbocycles. The molecular formula is C18H19N7O. The highest BCUT2D eigenvalue weighted by atomic mass is 16.5. The van der Waals surface area contributed by atoms with Gasteiger partial charge in [0.1, 0.15) is 17.9 Å². The lowest BCUT2D eigenvalue weighted by atomic mass is 9.86. The number of nitrogens with zero attached hydrogens (tertiary/aromatic N) is 6. The molecule has 6 heterocycles. The average Bonchev–Trinajstić information content (AvgIpc) is 3.33. The monoisotopic (exact) mass is 349 g/mol. The molecule has 3 fully saturated rings. The van der Waals surface area contributed by atoms with Crippen LogP contribution in [-0.2, 0) is 17.9 Å². The molecule has 7 rings (SSSR count). The number of nitrogen functional groups attached to an aromatic ring is 1. The Labute approximate surface area is 150 Å². The lowest BCUT2D eigenvalue weighted by Crippen LogP contribution is -2.30. The molecular weight excluding hydrogens is 330 g/mol. The van der Waals surface area contributed by atoms with Crippen molar-refractivity contribution in [1.29, 1.82) is 0 Å². The predicted octanol–water partition coefficient (Wildman–Crippen LogP) is 1.60. The van der Waals surface area contributed by atoms with E-state index in [1.807, 2.05) is 6.07 Å². The lowest BCUT2D eigenvalue weighted by molar-refractivity contribution is 0.0830. The van der Waals surface area contributed by atoms with Crippen LogP contribution < -0.4 is 10.6 Å². The number of anilines is 2. The fourth-order valence-corrected chi connectivity index (χ4v) is 4.46. The Morgan fingerprint density at radius 1 is 1.15 bits per heavy atom.